The van der Waals surface area contributed by atoms with Gasteiger partial charge in [-0.15, -0.1) is 0 Å². The molecule has 0 atom stereocenters. The normalized spacial score (nSPS) is 12.4. The number of carbonyl (C=O) groups is 2. The molecular formula is C27H25NO4. The highest BCUT2D eigenvalue weighted by atomic mass is 16.5. The first-order valence-electron chi connectivity index (χ1n) is 10.7. The van der Waals surface area contributed by atoms with Gasteiger partial charge in [-0.25, -0.2) is 4.79 Å². The van der Waals surface area contributed by atoms with E-state index in [9.17, 15) is 9.59 Å². The Morgan fingerprint density at radius 2 is 1.53 bits per heavy atom. The van der Waals surface area contributed by atoms with E-state index >= 15 is 0 Å². The molecule has 0 radical (unpaired) electrons. The molecule has 0 bridgehead atoms. The van der Waals surface area contributed by atoms with Crippen molar-refractivity contribution in [3.05, 3.63) is 101 Å². The maximum Gasteiger partial charge on any atom is 0.407 e. The first kappa shape index (κ1) is 21.4. The lowest BCUT2D eigenvalue weighted by atomic mass is 9.98. The number of alkyl carbamates (subject to hydrolysis) is 1. The fraction of sp³-hybridized carbons (Fsp3) is 0.185. The van der Waals surface area contributed by atoms with Gasteiger partial charge >= 0.3 is 12.1 Å². The van der Waals surface area contributed by atoms with Gasteiger partial charge in [0.2, 0.25) is 0 Å². The predicted molar refractivity (Wildman–Crippen MR) is 125 cm³/mol. The van der Waals surface area contributed by atoms with Crippen molar-refractivity contribution >= 4 is 18.1 Å². The van der Waals surface area contributed by atoms with Crippen molar-refractivity contribution in [2.24, 2.45) is 0 Å². The Labute approximate surface area is 187 Å². The van der Waals surface area contributed by atoms with Crippen LogP contribution in [0.5, 0.6) is 0 Å². The van der Waals surface area contributed by atoms with E-state index in [0.717, 1.165) is 11.1 Å². The Bertz CT molecular complexity index is 1110. The number of carbonyl (C=O) groups excluding carboxylic acids is 1. The van der Waals surface area contributed by atoms with Crippen LogP contribution in [0.3, 0.4) is 0 Å². The molecule has 0 saturated carbocycles. The molecule has 1 aliphatic rings. The summed E-state index contributed by atoms with van der Waals surface area (Å²) in [4.78, 5) is 23.1. The van der Waals surface area contributed by atoms with Gasteiger partial charge in [0.15, 0.2) is 0 Å². The van der Waals surface area contributed by atoms with Crippen molar-refractivity contribution in [3.63, 3.8) is 0 Å². The largest absolute Gasteiger partial charge is 0.481 e. The van der Waals surface area contributed by atoms with E-state index in [1.807, 2.05) is 60.7 Å². The molecule has 3 aromatic carbocycles. The minimum atomic E-state index is -0.819. The third-order valence-corrected chi connectivity index (χ3v) is 5.67. The van der Waals surface area contributed by atoms with Crippen LogP contribution in [-0.4, -0.2) is 30.3 Å². The number of benzene rings is 3. The number of fused-ring (bicyclic) bond motifs is 3. The second-order valence-electron chi connectivity index (χ2n) is 7.70. The number of amides is 1. The first-order chi connectivity index (χ1) is 15.6. The lowest BCUT2D eigenvalue weighted by Crippen LogP contribution is -2.26. The van der Waals surface area contributed by atoms with Crippen LogP contribution < -0.4 is 5.32 Å². The Morgan fingerprint density at radius 3 is 2.22 bits per heavy atom. The zero-order valence-electron chi connectivity index (χ0n) is 17.7. The van der Waals surface area contributed by atoms with Crippen LogP contribution in [0, 0.1) is 0 Å². The molecule has 0 aliphatic heterocycles. The molecule has 4 rings (SSSR count). The van der Waals surface area contributed by atoms with E-state index in [2.05, 4.69) is 29.6 Å². The van der Waals surface area contributed by atoms with Gasteiger partial charge in [0.1, 0.15) is 6.61 Å². The standard InChI is InChI=1S/C27H25NO4/c29-26(30)16-15-20-9-2-1-8-19(20)10-7-17-28-27(31)32-18-25-23-13-5-3-11-21(23)22-12-4-6-14-24(22)25/h1-14,25H,15-18H2,(H,28,31)(H,29,30). The van der Waals surface area contributed by atoms with Crippen LogP contribution in [0.4, 0.5) is 4.79 Å². The molecule has 5 heteroatoms. The highest BCUT2D eigenvalue weighted by Gasteiger charge is 2.28. The monoisotopic (exact) mass is 427 g/mol. The predicted octanol–water partition coefficient (Wildman–Crippen LogP) is 5.26. The van der Waals surface area contributed by atoms with E-state index in [1.54, 1.807) is 0 Å². The van der Waals surface area contributed by atoms with Gasteiger partial charge < -0.3 is 15.2 Å². The minimum absolute atomic E-state index is 0.0322. The fourth-order valence-corrected chi connectivity index (χ4v) is 4.14. The van der Waals surface area contributed by atoms with Crippen LogP contribution in [0.1, 0.15) is 34.6 Å². The van der Waals surface area contributed by atoms with Crippen LogP contribution in [0.2, 0.25) is 0 Å². The number of hydrogen-bond donors (Lipinski definition) is 2. The van der Waals surface area contributed by atoms with Gasteiger partial charge in [-0.3, -0.25) is 4.79 Å². The maximum absolute atomic E-state index is 12.2. The number of hydrogen-bond acceptors (Lipinski definition) is 3. The lowest BCUT2D eigenvalue weighted by molar-refractivity contribution is -0.136. The van der Waals surface area contributed by atoms with E-state index in [-0.39, 0.29) is 18.9 Å². The summed E-state index contributed by atoms with van der Waals surface area (Å²) in [7, 11) is 0. The van der Waals surface area contributed by atoms with Crippen molar-refractivity contribution in [1.82, 2.24) is 5.32 Å². The molecule has 2 N–H and O–H groups in total. The Balaban J connectivity index is 1.31. The molecule has 32 heavy (non-hydrogen) atoms. The summed E-state index contributed by atoms with van der Waals surface area (Å²) >= 11 is 0. The van der Waals surface area contributed by atoms with E-state index in [4.69, 9.17) is 9.84 Å². The molecule has 162 valence electrons. The molecule has 1 amide bonds. The van der Waals surface area contributed by atoms with E-state index < -0.39 is 12.1 Å². The maximum atomic E-state index is 12.2. The number of ether oxygens (including phenoxy) is 1. The van der Waals surface area contributed by atoms with Crippen molar-refractivity contribution in [2.75, 3.05) is 13.2 Å². The fourth-order valence-electron chi connectivity index (χ4n) is 4.14. The number of aliphatic carboxylic acids is 1. The van der Waals surface area contributed by atoms with Crippen molar-refractivity contribution < 1.29 is 19.4 Å². The second-order valence-corrected chi connectivity index (χ2v) is 7.70. The highest BCUT2D eigenvalue weighted by Crippen LogP contribution is 2.44. The Morgan fingerprint density at radius 1 is 0.906 bits per heavy atom. The minimum Gasteiger partial charge on any atom is -0.481 e. The number of carboxylic acids is 1. The summed E-state index contributed by atoms with van der Waals surface area (Å²) in [5.41, 5.74) is 6.66. The third kappa shape index (κ3) is 4.89. The summed E-state index contributed by atoms with van der Waals surface area (Å²) in [5.74, 6) is -0.787. The van der Waals surface area contributed by atoms with Gasteiger partial charge in [0.25, 0.3) is 0 Å². The highest BCUT2D eigenvalue weighted by molar-refractivity contribution is 5.79. The molecule has 0 saturated heterocycles. The molecule has 0 fully saturated rings. The zero-order chi connectivity index (χ0) is 22.3. The Hall–Kier alpha value is -3.86. The summed E-state index contributed by atoms with van der Waals surface area (Å²) in [6, 6.07) is 24.1. The smallest absolute Gasteiger partial charge is 0.407 e. The van der Waals surface area contributed by atoms with Crippen LogP contribution >= 0.6 is 0 Å². The molecule has 0 aromatic heterocycles. The number of aryl methyl sites for hydroxylation is 1. The van der Waals surface area contributed by atoms with Crippen LogP contribution in [-0.2, 0) is 16.0 Å². The average Bonchev–Trinajstić information content (AvgIpc) is 3.13. The first-order valence-corrected chi connectivity index (χ1v) is 10.7. The van der Waals surface area contributed by atoms with E-state index in [1.165, 1.54) is 22.3 Å². The molecule has 0 unspecified atom stereocenters. The second kappa shape index (κ2) is 9.96. The van der Waals surface area contributed by atoms with Gasteiger partial charge in [-0.05, 0) is 39.8 Å². The quantitative estimate of drug-likeness (QED) is 0.514. The molecule has 5 nitrogen and oxygen atoms in total. The molecule has 0 spiro atoms. The van der Waals surface area contributed by atoms with E-state index in [0.29, 0.717) is 13.0 Å². The Kier molecular flexibility index (Phi) is 6.66. The average molecular weight is 428 g/mol. The van der Waals surface area contributed by atoms with Crippen molar-refractivity contribution in [2.45, 2.75) is 18.8 Å². The van der Waals surface area contributed by atoms with Gasteiger partial charge in [-0.1, -0.05) is 84.9 Å². The van der Waals surface area contributed by atoms with Gasteiger partial charge in [0.05, 0.1) is 0 Å². The van der Waals surface area contributed by atoms with Crippen LogP contribution in [0.25, 0.3) is 17.2 Å². The van der Waals surface area contributed by atoms with Crippen LogP contribution in [0.15, 0.2) is 78.9 Å². The number of carboxylic acid groups (broad SMARTS) is 1. The molecule has 3 aromatic rings. The zero-order valence-corrected chi connectivity index (χ0v) is 17.7. The number of rotatable bonds is 8. The van der Waals surface area contributed by atoms with Crippen molar-refractivity contribution in [3.8, 4) is 11.1 Å². The van der Waals surface area contributed by atoms with Gasteiger partial charge in [0, 0.05) is 18.9 Å². The lowest BCUT2D eigenvalue weighted by Gasteiger charge is -2.14. The summed E-state index contributed by atoms with van der Waals surface area (Å²) < 4.78 is 5.53. The van der Waals surface area contributed by atoms with Gasteiger partial charge in [-0.2, -0.15) is 0 Å². The molecular weight excluding hydrogens is 402 g/mol. The SMILES string of the molecule is O=C(O)CCc1ccccc1C=CCNC(=O)OCC1c2ccccc2-c2ccccc21. The molecule has 1 aliphatic carbocycles. The summed E-state index contributed by atoms with van der Waals surface area (Å²) in [6.07, 6.45) is 3.82. The summed E-state index contributed by atoms with van der Waals surface area (Å²) in [5, 5.41) is 11.7. The third-order valence-electron chi connectivity index (χ3n) is 5.67. The number of nitrogens with one attached hydrogen (secondary N) is 1. The topological polar surface area (TPSA) is 75.6 Å². The molecule has 0 heterocycles. The summed E-state index contributed by atoms with van der Waals surface area (Å²) in [6.45, 7) is 0.603. The van der Waals surface area contributed by atoms with Crippen molar-refractivity contribution in [1.29, 1.82) is 0 Å².